The maximum Gasteiger partial charge on any atom is 0.274 e. The molecule has 0 N–H and O–H groups in total. The second kappa shape index (κ2) is 3.81. The van der Waals surface area contributed by atoms with Gasteiger partial charge in [0.2, 0.25) is 0 Å². The van der Waals surface area contributed by atoms with Crippen molar-refractivity contribution < 1.29 is 4.52 Å². The van der Waals surface area contributed by atoms with Crippen LogP contribution in [0.3, 0.4) is 0 Å². The topological polar surface area (TPSA) is 67.6 Å². The molecule has 0 atom stereocenters. The first kappa shape index (κ1) is 10.4. The second-order valence-corrected chi connectivity index (χ2v) is 3.95. The predicted octanol–water partition coefficient (Wildman–Crippen LogP) is 2.07. The minimum absolute atomic E-state index is 0.230. The van der Waals surface area contributed by atoms with E-state index in [4.69, 9.17) is 9.78 Å². The first-order valence-electron chi connectivity index (χ1n) is 5.02. The molecule has 0 amide bonds. The van der Waals surface area contributed by atoms with Crippen LogP contribution in [-0.4, -0.2) is 14.7 Å². The number of rotatable bonds is 2. The Labute approximate surface area is 93.3 Å². The zero-order valence-corrected chi connectivity index (χ0v) is 9.43. The lowest BCUT2D eigenvalue weighted by molar-refractivity contribution is 0.417. The van der Waals surface area contributed by atoms with Gasteiger partial charge in [-0.15, -0.1) is 0 Å². The molecule has 0 aliphatic heterocycles. The molecule has 0 saturated heterocycles. The van der Waals surface area contributed by atoms with Gasteiger partial charge in [-0.3, -0.25) is 0 Å². The highest BCUT2D eigenvalue weighted by Gasteiger charge is 2.14. The number of aromatic nitrogens is 3. The Morgan fingerprint density at radius 1 is 1.50 bits per heavy atom. The van der Waals surface area contributed by atoms with E-state index in [1.165, 1.54) is 0 Å². The molecule has 0 radical (unpaired) electrons. The molecule has 2 aromatic heterocycles. The van der Waals surface area contributed by atoms with Crippen LogP contribution in [0.2, 0.25) is 0 Å². The van der Waals surface area contributed by atoms with Gasteiger partial charge in [0.1, 0.15) is 11.8 Å². The van der Waals surface area contributed by atoms with Gasteiger partial charge in [0.15, 0.2) is 5.82 Å². The van der Waals surface area contributed by atoms with Crippen molar-refractivity contribution >= 4 is 0 Å². The summed E-state index contributed by atoms with van der Waals surface area (Å²) in [5.41, 5.74) is 1.35. The van der Waals surface area contributed by atoms with Crippen LogP contribution in [0, 0.1) is 11.3 Å². The molecule has 0 aromatic carbocycles. The molecular formula is C11H12N4O. The van der Waals surface area contributed by atoms with Gasteiger partial charge in [0.05, 0.1) is 5.56 Å². The van der Waals surface area contributed by atoms with Gasteiger partial charge >= 0.3 is 0 Å². The predicted molar refractivity (Wildman–Crippen MR) is 57.5 cm³/mol. The average Bonchev–Trinajstić information content (AvgIpc) is 2.83. The standard InChI is InChI=1S/C11H12N4O/c1-7(2)10-13-11(16-14-10)9-4-8(5-12)6-15(9)3/h4,6-7H,1-3H3. The molecule has 0 bridgehead atoms. The van der Waals surface area contributed by atoms with Crippen LogP contribution < -0.4 is 0 Å². The van der Waals surface area contributed by atoms with Crippen molar-refractivity contribution in [3.8, 4) is 17.7 Å². The molecule has 0 aliphatic carbocycles. The van der Waals surface area contributed by atoms with Gasteiger partial charge in [-0.2, -0.15) is 10.2 Å². The van der Waals surface area contributed by atoms with E-state index in [1.807, 2.05) is 20.9 Å². The summed E-state index contributed by atoms with van der Waals surface area (Å²) in [5, 5.41) is 12.7. The van der Waals surface area contributed by atoms with Crippen molar-refractivity contribution in [2.45, 2.75) is 19.8 Å². The minimum atomic E-state index is 0.230. The molecule has 5 nitrogen and oxygen atoms in total. The summed E-state index contributed by atoms with van der Waals surface area (Å²) in [6, 6.07) is 3.81. The maximum atomic E-state index is 8.79. The Kier molecular flexibility index (Phi) is 2.49. The largest absolute Gasteiger partial charge is 0.345 e. The Bertz CT molecular complexity index is 545. The van der Waals surface area contributed by atoms with Gasteiger partial charge in [0, 0.05) is 19.2 Å². The Morgan fingerprint density at radius 2 is 2.25 bits per heavy atom. The molecule has 0 saturated carbocycles. The first-order chi connectivity index (χ1) is 7.61. The van der Waals surface area contributed by atoms with Crippen LogP contribution in [0.15, 0.2) is 16.8 Å². The van der Waals surface area contributed by atoms with E-state index in [1.54, 1.807) is 16.8 Å². The van der Waals surface area contributed by atoms with E-state index in [9.17, 15) is 0 Å². The van der Waals surface area contributed by atoms with Gasteiger partial charge in [-0.1, -0.05) is 19.0 Å². The van der Waals surface area contributed by atoms with Crippen LogP contribution >= 0.6 is 0 Å². The number of hydrogen-bond acceptors (Lipinski definition) is 4. The summed E-state index contributed by atoms with van der Waals surface area (Å²) < 4.78 is 6.96. The SMILES string of the molecule is CC(C)c1noc(-c2cc(C#N)cn2C)n1. The van der Waals surface area contributed by atoms with E-state index in [0.29, 0.717) is 17.3 Å². The lowest BCUT2D eigenvalue weighted by atomic mass is 10.2. The smallest absolute Gasteiger partial charge is 0.274 e. The van der Waals surface area contributed by atoms with Crippen molar-refractivity contribution in [3.63, 3.8) is 0 Å². The third kappa shape index (κ3) is 1.70. The summed E-state index contributed by atoms with van der Waals surface area (Å²) in [4.78, 5) is 4.28. The lowest BCUT2D eigenvalue weighted by Crippen LogP contribution is -1.91. The van der Waals surface area contributed by atoms with Crippen molar-refractivity contribution in [2.75, 3.05) is 0 Å². The summed E-state index contributed by atoms with van der Waals surface area (Å²) in [6.07, 6.45) is 1.73. The number of nitriles is 1. The lowest BCUT2D eigenvalue weighted by Gasteiger charge is -1.95. The molecule has 0 unspecified atom stereocenters. The van der Waals surface area contributed by atoms with Gasteiger partial charge in [0.25, 0.3) is 5.89 Å². The van der Waals surface area contributed by atoms with Crippen LogP contribution in [-0.2, 0) is 7.05 Å². The molecule has 5 heteroatoms. The summed E-state index contributed by atoms with van der Waals surface area (Å²) in [6.45, 7) is 4.00. The average molecular weight is 216 g/mol. The zero-order valence-electron chi connectivity index (χ0n) is 9.43. The van der Waals surface area contributed by atoms with Gasteiger partial charge < -0.3 is 9.09 Å². The monoisotopic (exact) mass is 216 g/mol. The Balaban J connectivity index is 2.43. The first-order valence-corrected chi connectivity index (χ1v) is 5.02. The van der Waals surface area contributed by atoms with Crippen molar-refractivity contribution in [2.24, 2.45) is 7.05 Å². The summed E-state index contributed by atoms with van der Waals surface area (Å²) in [7, 11) is 1.84. The van der Waals surface area contributed by atoms with E-state index in [2.05, 4.69) is 16.2 Å². The molecule has 0 spiro atoms. The molecule has 0 aliphatic rings. The molecule has 16 heavy (non-hydrogen) atoms. The van der Waals surface area contributed by atoms with Crippen molar-refractivity contribution in [1.29, 1.82) is 5.26 Å². The molecular weight excluding hydrogens is 204 g/mol. The van der Waals surface area contributed by atoms with Crippen LogP contribution in [0.25, 0.3) is 11.6 Å². The van der Waals surface area contributed by atoms with Crippen LogP contribution in [0.1, 0.15) is 31.2 Å². The highest BCUT2D eigenvalue weighted by molar-refractivity contribution is 5.52. The van der Waals surface area contributed by atoms with Crippen molar-refractivity contribution in [3.05, 3.63) is 23.7 Å². The fraction of sp³-hybridized carbons (Fsp3) is 0.364. The molecule has 82 valence electrons. The van der Waals surface area contributed by atoms with Crippen molar-refractivity contribution in [1.82, 2.24) is 14.7 Å². The Morgan fingerprint density at radius 3 is 2.75 bits per heavy atom. The van der Waals surface area contributed by atoms with Gasteiger partial charge in [-0.05, 0) is 6.07 Å². The Hall–Kier alpha value is -2.09. The maximum absolute atomic E-state index is 8.79. The summed E-state index contributed by atoms with van der Waals surface area (Å²) in [5.74, 6) is 1.36. The van der Waals surface area contributed by atoms with E-state index < -0.39 is 0 Å². The van der Waals surface area contributed by atoms with Crippen LogP contribution in [0.4, 0.5) is 0 Å². The molecule has 2 heterocycles. The van der Waals surface area contributed by atoms with E-state index in [-0.39, 0.29) is 5.92 Å². The van der Waals surface area contributed by atoms with E-state index >= 15 is 0 Å². The fourth-order valence-corrected chi connectivity index (χ4v) is 1.41. The third-order valence-electron chi connectivity index (χ3n) is 2.31. The number of hydrogen-bond donors (Lipinski definition) is 0. The van der Waals surface area contributed by atoms with Crippen LogP contribution in [0.5, 0.6) is 0 Å². The number of nitrogens with zero attached hydrogens (tertiary/aromatic N) is 4. The normalized spacial score (nSPS) is 10.7. The van der Waals surface area contributed by atoms with Gasteiger partial charge in [-0.25, -0.2) is 0 Å². The highest BCUT2D eigenvalue weighted by atomic mass is 16.5. The molecule has 2 aromatic rings. The molecule has 2 rings (SSSR count). The van der Waals surface area contributed by atoms with E-state index in [0.717, 1.165) is 5.69 Å². The minimum Gasteiger partial charge on any atom is -0.345 e. The fourth-order valence-electron chi connectivity index (χ4n) is 1.41. The molecule has 0 fully saturated rings. The quantitative estimate of drug-likeness (QED) is 0.770. The zero-order chi connectivity index (χ0) is 11.7. The number of aryl methyl sites for hydroxylation is 1. The summed E-state index contributed by atoms with van der Waals surface area (Å²) >= 11 is 0. The third-order valence-corrected chi connectivity index (χ3v) is 2.31. The second-order valence-electron chi connectivity index (χ2n) is 3.95. The highest BCUT2D eigenvalue weighted by Crippen LogP contribution is 2.21.